The number of hydrogen-bond donors (Lipinski definition) is 0. The number of rotatable bonds is 2. The van der Waals surface area contributed by atoms with E-state index in [4.69, 9.17) is 0 Å². The Bertz CT molecular complexity index is 1110. The molecule has 0 radical (unpaired) electrons. The topological polar surface area (TPSA) is 61.0 Å². The van der Waals surface area contributed by atoms with E-state index in [-0.39, 0.29) is 5.03 Å². The fourth-order valence-electron chi connectivity index (χ4n) is 3.37. The molecule has 0 amide bonds. The van der Waals surface area contributed by atoms with Gasteiger partial charge in [0, 0.05) is 28.1 Å². The van der Waals surface area contributed by atoms with Gasteiger partial charge in [-0.25, -0.2) is 10.1 Å². The highest BCUT2D eigenvalue weighted by atomic mass is 16.7. The molecule has 0 atom stereocenters. The summed E-state index contributed by atoms with van der Waals surface area (Å²) in [5, 5.41) is 13.1. The standard InChI is InChI=1S/C19H15N3O2/c1-12-8-9-17-16(11-12)18(13(2)21(17)22(23)24)15-7-3-5-14-6-4-10-20-19(14)15/h3-11H,1-2H3. The molecule has 0 aliphatic heterocycles. The summed E-state index contributed by atoms with van der Waals surface area (Å²) < 4.78 is 1.16. The Hall–Kier alpha value is -3.21. The number of aryl methyl sites for hydroxylation is 1. The Balaban J connectivity index is 2.19. The average molecular weight is 317 g/mol. The van der Waals surface area contributed by atoms with Crippen LogP contribution in [0.4, 0.5) is 0 Å². The minimum atomic E-state index is -0.366. The molecule has 5 nitrogen and oxygen atoms in total. The number of pyridine rings is 1. The molecule has 2 heterocycles. The van der Waals surface area contributed by atoms with Crippen LogP contribution in [0.25, 0.3) is 32.9 Å². The van der Waals surface area contributed by atoms with Gasteiger partial charge in [0.2, 0.25) is 0 Å². The second-order valence-corrected chi connectivity index (χ2v) is 5.91. The van der Waals surface area contributed by atoms with Crippen molar-refractivity contribution in [1.82, 2.24) is 9.66 Å². The van der Waals surface area contributed by atoms with E-state index in [0.29, 0.717) is 11.2 Å². The third-order valence-corrected chi connectivity index (χ3v) is 4.39. The Morgan fingerprint density at radius 3 is 2.67 bits per heavy atom. The van der Waals surface area contributed by atoms with Gasteiger partial charge in [0.15, 0.2) is 5.03 Å². The lowest BCUT2D eigenvalue weighted by Crippen LogP contribution is -2.09. The minimum absolute atomic E-state index is 0.366. The van der Waals surface area contributed by atoms with Crippen LogP contribution in [-0.2, 0) is 0 Å². The van der Waals surface area contributed by atoms with Gasteiger partial charge in [-0.05, 0) is 32.0 Å². The Morgan fingerprint density at radius 2 is 1.88 bits per heavy atom. The van der Waals surface area contributed by atoms with Crippen molar-refractivity contribution in [3.63, 3.8) is 0 Å². The van der Waals surface area contributed by atoms with Gasteiger partial charge < -0.3 is 0 Å². The van der Waals surface area contributed by atoms with Crippen LogP contribution in [0.1, 0.15) is 11.3 Å². The summed E-state index contributed by atoms with van der Waals surface area (Å²) in [6, 6.07) is 15.5. The maximum Gasteiger partial charge on any atom is 0.169 e. The molecule has 0 aliphatic rings. The smallest absolute Gasteiger partial charge is 0.169 e. The van der Waals surface area contributed by atoms with E-state index >= 15 is 0 Å². The first kappa shape index (κ1) is 14.4. The molecular weight excluding hydrogens is 302 g/mol. The quantitative estimate of drug-likeness (QED) is 0.403. The minimum Gasteiger partial charge on any atom is -0.256 e. The van der Waals surface area contributed by atoms with Gasteiger partial charge in [-0.15, -0.1) is 0 Å². The highest BCUT2D eigenvalue weighted by molar-refractivity contribution is 6.05. The number of nitrogens with zero attached hydrogens (tertiary/aromatic N) is 3. The van der Waals surface area contributed by atoms with Crippen LogP contribution in [0, 0.1) is 24.0 Å². The molecule has 2 aromatic carbocycles. The molecule has 0 bridgehead atoms. The lowest BCUT2D eigenvalue weighted by molar-refractivity contribution is -0.538. The highest BCUT2D eigenvalue weighted by Gasteiger charge is 2.23. The van der Waals surface area contributed by atoms with Gasteiger partial charge >= 0.3 is 0 Å². The van der Waals surface area contributed by atoms with Gasteiger partial charge in [-0.2, -0.15) is 0 Å². The molecule has 4 aromatic rings. The maximum atomic E-state index is 11.6. The molecule has 24 heavy (non-hydrogen) atoms. The van der Waals surface area contributed by atoms with Crippen molar-refractivity contribution in [2.75, 3.05) is 0 Å². The summed E-state index contributed by atoms with van der Waals surface area (Å²) in [5.74, 6) is 0. The highest BCUT2D eigenvalue weighted by Crippen LogP contribution is 2.37. The van der Waals surface area contributed by atoms with Crippen LogP contribution in [0.5, 0.6) is 0 Å². The van der Waals surface area contributed by atoms with E-state index < -0.39 is 0 Å². The normalized spacial score (nSPS) is 11.2. The number of para-hydroxylation sites is 1. The summed E-state index contributed by atoms with van der Waals surface area (Å²) in [6.45, 7) is 3.78. The predicted octanol–water partition coefficient (Wildman–Crippen LogP) is 4.51. The summed E-state index contributed by atoms with van der Waals surface area (Å²) >= 11 is 0. The molecule has 0 N–H and O–H groups in total. The molecule has 0 saturated carbocycles. The summed E-state index contributed by atoms with van der Waals surface area (Å²) in [5.41, 5.74) is 4.92. The van der Waals surface area contributed by atoms with Gasteiger partial charge in [-0.1, -0.05) is 40.6 Å². The van der Waals surface area contributed by atoms with Crippen LogP contribution < -0.4 is 0 Å². The van der Waals surface area contributed by atoms with Crippen LogP contribution in [-0.4, -0.2) is 14.7 Å². The van der Waals surface area contributed by atoms with Crippen molar-refractivity contribution in [2.24, 2.45) is 0 Å². The van der Waals surface area contributed by atoms with Crippen molar-refractivity contribution in [3.05, 3.63) is 76.1 Å². The van der Waals surface area contributed by atoms with E-state index in [2.05, 4.69) is 4.98 Å². The molecular formula is C19H15N3O2. The lowest BCUT2D eigenvalue weighted by Gasteiger charge is -2.06. The van der Waals surface area contributed by atoms with Crippen molar-refractivity contribution in [2.45, 2.75) is 13.8 Å². The van der Waals surface area contributed by atoms with E-state index in [0.717, 1.165) is 37.7 Å². The van der Waals surface area contributed by atoms with Crippen LogP contribution in [0.3, 0.4) is 0 Å². The van der Waals surface area contributed by atoms with E-state index in [1.54, 1.807) is 13.1 Å². The third-order valence-electron chi connectivity index (χ3n) is 4.39. The number of benzene rings is 2. The van der Waals surface area contributed by atoms with Gasteiger partial charge in [0.1, 0.15) is 5.52 Å². The van der Waals surface area contributed by atoms with Gasteiger partial charge in [0.05, 0.1) is 11.2 Å². The third kappa shape index (κ3) is 1.98. The van der Waals surface area contributed by atoms with Gasteiger partial charge in [-0.3, -0.25) is 4.98 Å². The molecule has 0 aliphatic carbocycles. The molecule has 0 fully saturated rings. The number of fused-ring (bicyclic) bond motifs is 2. The SMILES string of the molecule is Cc1ccc2c(c1)c(-c1cccc3cccnc13)c(C)n2[N+](=O)[O-]. The Morgan fingerprint density at radius 1 is 1.08 bits per heavy atom. The van der Waals surface area contributed by atoms with Crippen LogP contribution in [0.15, 0.2) is 54.7 Å². The monoisotopic (exact) mass is 317 g/mol. The average Bonchev–Trinajstić information content (AvgIpc) is 2.85. The Labute approximate surface area is 138 Å². The zero-order chi connectivity index (χ0) is 16.8. The largest absolute Gasteiger partial charge is 0.256 e. The Kier molecular flexibility index (Phi) is 3.09. The van der Waals surface area contributed by atoms with Crippen molar-refractivity contribution in [3.8, 4) is 11.1 Å². The van der Waals surface area contributed by atoms with Crippen molar-refractivity contribution >= 4 is 21.8 Å². The predicted molar refractivity (Wildman–Crippen MR) is 94.5 cm³/mol. The molecule has 0 spiro atoms. The molecule has 0 unspecified atom stereocenters. The molecule has 5 heteroatoms. The first-order chi connectivity index (χ1) is 11.6. The molecule has 2 aromatic heterocycles. The fourth-order valence-corrected chi connectivity index (χ4v) is 3.37. The maximum absolute atomic E-state index is 11.6. The van der Waals surface area contributed by atoms with Crippen LogP contribution in [0.2, 0.25) is 0 Å². The first-order valence-electron chi connectivity index (χ1n) is 7.68. The second kappa shape index (κ2) is 5.16. The lowest BCUT2D eigenvalue weighted by atomic mass is 9.98. The molecule has 4 rings (SSSR count). The second-order valence-electron chi connectivity index (χ2n) is 5.91. The molecule has 0 saturated heterocycles. The van der Waals surface area contributed by atoms with E-state index in [9.17, 15) is 10.1 Å². The number of hydrogen-bond acceptors (Lipinski definition) is 3. The van der Waals surface area contributed by atoms with Crippen molar-refractivity contribution in [1.29, 1.82) is 0 Å². The van der Waals surface area contributed by atoms with Crippen molar-refractivity contribution < 1.29 is 5.03 Å². The van der Waals surface area contributed by atoms with E-state index in [1.165, 1.54) is 0 Å². The summed E-state index contributed by atoms with van der Waals surface area (Å²) in [6.07, 6.45) is 1.75. The number of aromatic nitrogens is 2. The zero-order valence-electron chi connectivity index (χ0n) is 13.4. The summed E-state index contributed by atoms with van der Waals surface area (Å²) in [4.78, 5) is 16.1. The fraction of sp³-hybridized carbons (Fsp3) is 0.105. The first-order valence-corrected chi connectivity index (χ1v) is 7.68. The van der Waals surface area contributed by atoms with Gasteiger partial charge in [0.25, 0.3) is 0 Å². The summed E-state index contributed by atoms with van der Waals surface area (Å²) in [7, 11) is 0. The van der Waals surface area contributed by atoms with Crippen LogP contribution >= 0.6 is 0 Å². The van der Waals surface area contributed by atoms with E-state index in [1.807, 2.05) is 55.5 Å². The zero-order valence-corrected chi connectivity index (χ0v) is 13.4. The molecule has 118 valence electrons. The number of nitro groups is 1.